The van der Waals surface area contributed by atoms with Crippen LogP contribution in [0, 0.1) is 0 Å². The highest BCUT2D eigenvalue weighted by atomic mass is 16.5. The molecule has 1 aliphatic rings. The molecule has 96 valence electrons. The quantitative estimate of drug-likeness (QED) is 0.873. The molecule has 1 N–H and O–H groups in total. The molecule has 1 aliphatic carbocycles. The summed E-state index contributed by atoms with van der Waals surface area (Å²) in [6.07, 6.45) is 5.79. The first-order valence-corrected chi connectivity index (χ1v) is 6.14. The number of methoxy groups -OCH3 is 2. The van der Waals surface area contributed by atoms with Crippen LogP contribution in [0.1, 0.15) is 43.8 Å². The summed E-state index contributed by atoms with van der Waals surface area (Å²) in [5.41, 5.74) is 0.664. The summed E-state index contributed by atoms with van der Waals surface area (Å²) < 4.78 is 11.9. The van der Waals surface area contributed by atoms with Gasteiger partial charge in [0, 0.05) is 7.11 Å². The Hall–Kier alpha value is -1.23. The molecule has 1 heterocycles. The molecule has 1 saturated carbocycles. The van der Waals surface area contributed by atoms with E-state index in [4.69, 9.17) is 9.47 Å². The lowest BCUT2D eigenvalue weighted by atomic mass is 9.96. The molecule has 0 atom stereocenters. The zero-order valence-corrected chi connectivity index (χ0v) is 10.5. The van der Waals surface area contributed by atoms with Crippen molar-refractivity contribution in [3.8, 4) is 5.75 Å². The fourth-order valence-corrected chi connectivity index (χ4v) is 2.53. The zero-order chi connectivity index (χ0) is 12.3. The number of aromatic nitrogens is 2. The number of nitrogens with one attached hydrogen (secondary N) is 1. The summed E-state index contributed by atoms with van der Waals surface area (Å²) in [6.45, 7) is 0.373. The third-order valence-corrected chi connectivity index (χ3v) is 3.38. The first-order valence-electron chi connectivity index (χ1n) is 6.14. The lowest BCUT2D eigenvalue weighted by molar-refractivity contribution is 0.177. The summed E-state index contributed by atoms with van der Waals surface area (Å²) in [5.74, 6) is 0.387. The molecule has 0 aromatic carbocycles. The lowest BCUT2D eigenvalue weighted by Gasteiger charge is -2.21. The van der Waals surface area contributed by atoms with Gasteiger partial charge in [-0.05, 0) is 12.8 Å². The van der Waals surface area contributed by atoms with Gasteiger partial charge >= 0.3 is 5.56 Å². The van der Waals surface area contributed by atoms with Gasteiger partial charge in [0.15, 0.2) is 0 Å². The molecule has 0 spiro atoms. The minimum atomic E-state index is -0.0635. The highest BCUT2D eigenvalue weighted by Gasteiger charge is 2.22. The predicted octanol–water partition coefficient (Wildman–Crippen LogP) is 1.84. The van der Waals surface area contributed by atoms with Gasteiger partial charge in [-0.25, -0.2) is 4.68 Å². The maximum absolute atomic E-state index is 12.1. The summed E-state index contributed by atoms with van der Waals surface area (Å²) in [7, 11) is 3.13. The van der Waals surface area contributed by atoms with E-state index in [1.165, 1.54) is 26.4 Å². The van der Waals surface area contributed by atoms with Gasteiger partial charge in [-0.3, -0.25) is 9.89 Å². The van der Waals surface area contributed by atoms with E-state index in [1.807, 2.05) is 0 Å². The number of hydrogen-bond donors (Lipinski definition) is 1. The minimum absolute atomic E-state index is 0.0635. The van der Waals surface area contributed by atoms with Crippen molar-refractivity contribution < 1.29 is 9.47 Å². The summed E-state index contributed by atoms with van der Waals surface area (Å²) in [5, 5.41) is 3.13. The van der Waals surface area contributed by atoms with Crippen molar-refractivity contribution in [1.82, 2.24) is 9.78 Å². The van der Waals surface area contributed by atoms with Crippen LogP contribution in [0.25, 0.3) is 0 Å². The van der Waals surface area contributed by atoms with Gasteiger partial charge in [0.05, 0.1) is 19.8 Å². The fourth-order valence-electron chi connectivity index (χ4n) is 2.53. The zero-order valence-electron chi connectivity index (χ0n) is 10.5. The molecule has 5 heteroatoms. The van der Waals surface area contributed by atoms with Gasteiger partial charge in [0.25, 0.3) is 0 Å². The summed E-state index contributed by atoms with van der Waals surface area (Å²) >= 11 is 0. The van der Waals surface area contributed by atoms with E-state index in [0.29, 0.717) is 12.4 Å². The van der Waals surface area contributed by atoms with Gasteiger partial charge in [0.2, 0.25) is 5.75 Å². The molecular formula is C12H20N2O3. The Balaban J connectivity index is 2.30. The second-order valence-corrected chi connectivity index (χ2v) is 4.52. The molecule has 1 aromatic rings. The maximum Gasteiger partial charge on any atom is 0.309 e. The molecule has 0 bridgehead atoms. The number of nitrogens with zero attached hydrogens (tertiary/aromatic N) is 1. The molecule has 0 amide bonds. The molecule has 1 fully saturated rings. The highest BCUT2D eigenvalue weighted by molar-refractivity contribution is 5.24. The Morgan fingerprint density at radius 3 is 2.59 bits per heavy atom. The third-order valence-electron chi connectivity index (χ3n) is 3.38. The van der Waals surface area contributed by atoms with Gasteiger partial charge in [-0.1, -0.05) is 19.3 Å². The van der Waals surface area contributed by atoms with Crippen LogP contribution in [0.2, 0.25) is 0 Å². The number of rotatable bonds is 4. The van der Waals surface area contributed by atoms with Crippen LogP contribution in [-0.4, -0.2) is 24.0 Å². The Morgan fingerprint density at radius 1 is 1.29 bits per heavy atom. The first-order chi connectivity index (χ1) is 8.27. The fraction of sp³-hybridized carbons (Fsp3) is 0.750. The van der Waals surface area contributed by atoms with Crippen LogP contribution in [0.3, 0.4) is 0 Å². The average molecular weight is 240 g/mol. The second kappa shape index (κ2) is 5.40. The van der Waals surface area contributed by atoms with Gasteiger partial charge in [-0.2, -0.15) is 0 Å². The van der Waals surface area contributed by atoms with Crippen LogP contribution in [0.15, 0.2) is 4.79 Å². The second-order valence-electron chi connectivity index (χ2n) is 4.52. The van der Waals surface area contributed by atoms with Crippen LogP contribution >= 0.6 is 0 Å². The van der Waals surface area contributed by atoms with Crippen LogP contribution < -0.4 is 10.3 Å². The molecule has 0 aliphatic heterocycles. The van der Waals surface area contributed by atoms with Crippen LogP contribution in [0.4, 0.5) is 0 Å². The van der Waals surface area contributed by atoms with Crippen molar-refractivity contribution >= 4 is 0 Å². The summed E-state index contributed by atoms with van der Waals surface area (Å²) in [6, 6.07) is 0.288. The normalized spacial score (nSPS) is 17.3. The van der Waals surface area contributed by atoms with E-state index >= 15 is 0 Å². The number of H-pyrrole nitrogens is 1. The highest BCUT2D eigenvalue weighted by Crippen LogP contribution is 2.27. The number of aromatic amines is 1. The molecule has 2 rings (SSSR count). The van der Waals surface area contributed by atoms with E-state index in [9.17, 15) is 4.79 Å². The van der Waals surface area contributed by atoms with Gasteiger partial charge < -0.3 is 9.47 Å². The third kappa shape index (κ3) is 2.39. The Labute approximate surface area is 101 Å². The lowest BCUT2D eigenvalue weighted by Crippen LogP contribution is -2.24. The summed E-state index contributed by atoms with van der Waals surface area (Å²) in [4.78, 5) is 12.1. The van der Waals surface area contributed by atoms with Crippen LogP contribution in [0.5, 0.6) is 5.75 Å². The van der Waals surface area contributed by atoms with Crippen molar-refractivity contribution in [3.63, 3.8) is 0 Å². The van der Waals surface area contributed by atoms with E-state index in [-0.39, 0.29) is 11.6 Å². The molecule has 17 heavy (non-hydrogen) atoms. The Bertz CT molecular complexity index is 416. The molecule has 1 aromatic heterocycles. The Morgan fingerprint density at radius 2 is 2.00 bits per heavy atom. The van der Waals surface area contributed by atoms with Crippen molar-refractivity contribution in [2.24, 2.45) is 0 Å². The molecule has 5 nitrogen and oxygen atoms in total. The molecular weight excluding hydrogens is 220 g/mol. The van der Waals surface area contributed by atoms with Gasteiger partial charge in [-0.15, -0.1) is 0 Å². The van der Waals surface area contributed by atoms with E-state index in [0.717, 1.165) is 18.5 Å². The Kier molecular flexibility index (Phi) is 3.89. The minimum Gasteiger partial charge on any atom is -0.490 e. The van der Waals surface area contributed by atoms with E-state index in [2.05, 4.69) is 5.10 Å². The maximum atomic E-state index is 12.1. The predicted molar refractivity (Wildman–Crippen MR) is 64.4 cm³/mol. The number of hydrogen-bond acceptors (Lipinski definition) is 3. The van der Waals surface area contributed by atoms with E-state index in [1.54, 1.807) is 11.8 Å². The monoisotopic (exact) mass is 240 g/mol. The van der Waals surface area contributed by atoms with Crippen molar-refractivity contribution in [1.29, 1.82) is 0 Å². The van der Waals surface area contributed by atoms with Crippen LogP contribution in [-0.2, 0) is 11.3 Å². The van der Waals surface area contributed by atoms with Crippen molar-refractivity contribution in [3.05, 3.63) is 16.0 Å². The largest absolute Gasteiger partial charge is 0.490 e. The average Bonchev–Trinajstić information content (AvgIpc) is 2.67. The smallest absolute Gasteiger partial charge is 0.309 e. The number of ether oxygens (including phenoxy) is 2. The van der Waals surface area contributed by atoms with Crippen molar-refractivity contribution in [2.45, 2.75) is 44.8 Å². The van der Waals surface area contributed by atoms with E-state index < -0.39 is 0 Å². The SMILES string of the molecule is COCc1[nH]n(C2CCCCC2)c(=O)c1OC. The standard InChI is InChI=1S/C12H20N2O3/c1-16-8-10-11(17-2)12(15)14(13-10)9-6-4-3-5-7-9/h9,13H,3-8H2,1-2H3. The molecule has 0 unspecified atom stereocenters. The molecule has 0 saturated heterocycles. The van der Waals surface area contributed by atoms with Crippen molar-refractivity contribution in [2.75, 3.05) is 14.2 Å². The van der Waals surface area contributed by atoms with Gasteiger partial charge in [0.1, 0.15) is 5.69 Å². The molecule has 0 radical (unpaired) electrons. The topological polar surface area (TPSA) is 56.2 Å². The first kappa shape index (κ1) is 12.2.